The number of Topliss-reactive ketones (excluding diaryl/α,β-unsaturated/α-hetero) is 1. The molecule has 4 heteroatoms. The molecule has 4 aromatic rings. The molecule has 0 amide bonds. The van der Waals surface area contributed by atoms with E-state index < -0.39 is 0 Å². The fourth-order valence-electron chi connectivity index (χ4n) is 3.11. The van der Waals surface area contributed by atoms with Gasteiger partial charge in [0, 0.05) is 25.3 Å². The zero-order chi connectivity index (χ0) is 20.4. The van der Waals surface area contributed by atoms with E-state index in [2.05, 4.69) is 4.98 Å². The van der Waals surface area contributed by atoms with Gasteiger partial charge < -0.3 is 9.32 Å². The number of para-hydroxylation sites is 2. The third kappa shape index (κ3) is 3.97. The summed E-state index contributed by atoms with van der Waals surface area (Å²) in [5.74, 6) is 0.210. The Bertz CT molecular complexity index is 1150. The van der Waals surface area contributed by atoms with Crippen LogP contribution in [0.4, 0.5) is 5.69 Å². The molecule has 4 rings (SSSR count). The minimum absolute atomic E-state index is 0.117. The van der Waals surface area contributed by atoms with Crippen molar-refractivity contribution in [2.75, 3.05) is 19.0 Å². The van der Waals surface area contributed by atoms with Gasteiger partial charge >= 0.3 is 0 Å². The Morgan fingerprint density at radius 3 is 2.28 bits per heavy atom. The normalized spacial score (nSPS) is 11.6. The van der Waals surface area contributed by atoms with Crippen molar-refractivity contribution in [3.63, 3.8) is 0 Å². The Morgan fingerprint density at radius 2 is 1.62 bits per heavy atom. The molecular formula is C25H22N2O2. The lowest BCUT2D eigenvalue weighted by Crippen LogP contribution is -2.08. The summed E-state index contributed by atoms with van der Waals surface area (Å²) < 4.78 is 5.92. The summed E-state index contributed by atoms with van der Waals surface area (Å²) in [5, 5.41) is 0. The first kappa shape index (κ1) is 18.7. The Balaban J connectivity index is 1.81. The fourth-order valence-corrected chi connectivity index (χ4v) is 3.11. The number of hydrogen-bond acceptors (Lipinski definition) is 4. The molecule has 3 aromatic carbocycles. The maximum atomic E-state index is 13.3. The van der Waals surface area contributed by atoms with Gasteiger partial charge in [-0.05, 0) is 42.8 Å². The van der Waals surface area contributed by atoms with Crippen molar-refractivity contribution in [3.05, 3.63) is 95.4 Å². The summed E-state index contributed by atoms with van der Waals surface area (Å²) in [4.78, 5) is 19.9. The van der Waals surface area contributed by atoms with Gasteiger partial charge in [-0.2, -0.15) is 0 Å². The SMILES string of the molecule is Cc1ccc(C(=O)/C(=C\c2ccc(N(C)C)cc2)c2nc3ccccc3o2)cc1. The van der Waals surface area contributed by atoms with Crippen molar-refractivity contribution in [1.82, 2.24) is 4.98 Å². The van der Waals surface area contributed by atoms with Gasteiger partial charge in [0.2, 0.25) is 5.89 Å². The molecule has 0 unspecified atom stereocenters. The monoisotopic (exact) mass is 382 g/mol. The van der Waals surface area contributed by atoms with Crippen molar-refractivity contribution in [2.45, 2.75) is 6.92 Å². The lowest BCUT2D eigenvalue weighted by Gasteiger charge is -2.12. The minimum Gasteiger partial charge on any atom is -0.436 e. The third-order valence-corrected chi connectivity index (χ3v) is 4.80. The minimum atomic E-state index is -0.117. The first-order valence-electron chi connectivity index (χ1n) is 9.48. The number of rotatable bonds is 5. The van der Waals surface area contributed by atoms with Crippen LogP contribution in [0.25, 0.3) is 22.7 Å². The van der Waals surface area contributed by atoms with Gasteiger partial charge in [0.1, 0.15) is 5.52 Å². The predicted molar refractivity (Wildman–Crippen MR) is 118 cm³/mol. The summed E-state index contributed by atoms with van der Waals surface area (Å²) >= 11 is 0. The van der Waals surface area contributed by atoms with E-state index in [1.807, 2.05) is 105 Å². The molecular weight excluding hydrogens is 360 g/mol. The highest BCUT2D eigenvalue weighted by Crippen LogP contribution is 2.27. The van der Waals surface area contributed by atoms with E-state index in [4.69, 9.17) is 4.42 Å². The van der Waals surface area contributed by atoms with Crippen LogP contribution >= 0.6 is 0 Å². The zero-order valence-electron chi connectivity index (χ0n) is 16.7. The molecule has 0 aliphatic heterocycles. The van der Waals surface area contributed by atoms with E-state index in [0.29, 0.717) is 22.6 Å². The van der Waals surface area contributed by atoms with Gasteiger partial charge in [-0.25, -0.2) is 4.98 Å². The molecule has 0 saturated carbocycles. The molecule has 0 fully saturated rings. The smallest absolute Gasteiger partial charge is 0.231 e. The fraction of sp³-hybridized carbons (Fsp3) is 0.120. The van der Waals surface area contributed by atoms with Crippen LogP contribution in [0.1, 0.15) is 27.4 Å². The number of carbonyl (C=O) groups excluding carboxylic acids is 1. The second-order valence-corrected chi connectivity index (χ2v) is 7.23. The van der Waals surface area contributed by atoms with Crippen LogP contribution in [0.15, 0.2) is 77.2 Å². The summed E-state index contributed by atoms with van der Waals surface area (Å²) in [7, 11) is 3.99. The first-order valence-corrected chi connectivity index (χ1v) is 9.48. The van der Waals surface area contributed by atoms with Gasteiger partial charge in [0.05, 0.1) is 5.57 Å². The number of carbonyl (C=O) groups is 1. The topological polar surface area (TPSA) is 46.3 Å². The maximum Gasteiger partial charge on any atom is 0.231 e. The highest BCUT2D eigenvalue weighted by Gasteiger charge is 2.20. The number of hydrogen-bond donors (Lipinski definition) is 0. The molecule has 0 aliphatic rings. The highest BCUT2D eigenvalue weighted by atomic mass is 16.3. The van der Waals surface area contributed by atoms with E-state index >= 15 is 0 Å². The number of benzene rings is 3. The number of anilines is 1. The second-order valence-electron chi connectivity index (χ2n) is 7.23. The summed E-state index contributed by atoms with van der Waals surface area (Å²) in [6.45, 7) is 2.00. The first-order chi connectivity index (χ1) is 14.0. The standard InChI is InChI=1S/C25H22N2O2/c1-17-8-12-19(13-9-17)24(28)21(16-18-10-14-20(15-11-18)27(2)3)25-26-22-6-4-5-7-23(22)29-25/h4-16H,1-3H3/b21-16+. The molecule has 0 bridgehead atoms. The van der Waals surface area contributed by atoms with Crippen LogP contribution in [0.5, 0.6) is 0 Å². The van der Waals surface area contributed by atoms with Crippen LogP contribution in [0.3, 0.4) is 0 Å². The molecule has 0 spiro atoms. The Kier molecular flexibility index (Phi) is 5.00. The van der Waals surface area contributed by atoms with Crippen molar-refractivity contribution in [3.8, 4) is 0 Å². The Hall–Kier alpha value is -3.66. The van der Waals surface area contributed by atoms with E-state index in [-0.39, 0.29) is 5.78 Å². The van der Waals surface area contributed by atoms with Crippen LogP contribution < -0.4 is 4.90 Å². The van der Waals surface area contributed by atoms with E-state index in [9.17, 15) is 4.79 Å². The van der Waals surface area contributed by atoms with Crippen LogP contribution in [-0.2, 0) is 0 Å². The molecule has 144 valence electrons. The Labute approximate surface area is 170 Å². The maximum absolute atomic E-state index is 13.3. The van der Waals surface area contributed by atoms with Gasteiger partial charge in [-0.1, -0.05) is 54.1 Å². The summed E-state index contributed by atoms with van der Waals surface area (Å²) in [6.07, 6.45) is 1.84. The van der Waals surface area contributed by atoms with Gasteiger partial charge in [0.25, 0.3) is 0 Å². The number of allylic oxidation sites excluding steroid dienone is 1. The predicted octanol–water partition coefficient (Wildman–Crippen LogP) is 5.63. The van der Waals surface area contributed by atoms with E-state index in [0.717, 1.165) is 22.3 Å². The molecule has 0 saturated heterocycles. The average molecular weight is 382 g/mol. The van der Waals surface area contributed by atoms with Crippen molar-refractivity contribution >= 4 is 34.2 Å². The number of oxazole rings is 1. The van der Waals surface area contributed by atoms with E-state index in [1.165, 1.54) is 0 Å². The number of fused-ring (bicyclic) bond motifs is 1. The van der Waals surface area contributed by atoms with Crippen LogP contribution in [-0.4, -0.2) is 24.9 Å². The molecule has 4 nitrogen and oxygen atoms in total. The zero-order valence-corrected chi connectivity index (χ0v) is 16.7. The second kappa shape index (κ2) is 7.76. The quantitative estimate of drug-likeness (QED) is 0.332. The molecule has 1 aromatic heterocycles. The molecule has 0 N–H and O–H groups in total. The average Bonchev–Trinajstić information content (AvgIpc) is 3.16. The van der Waals surface area contributed by atoms with Crippen molar-refractivity contribution in [2.24, 2.45) is 0 Å². The lowest BCUT2D eigenvalue weighted by molar-refractivity contribution is 0.105. The van der Waals surface area contributed by atoms with Crippen LogP contribution in [0, 0.1) is 6.92 Å². The molecule has 0 radical (unpaired) electrons. The number of aromatic nitrogens is 1. The molecule has 29 heavy (non-hydrogen) atoms. The van der Waals surface area contributed by atoms with Crippen molar-refractivity contribution in [1.29, 1.82) is 0 Å². The molecule has 0 aliphatic carbocycles. The number of aryl methyl sites for hydroxylation is 1. The van der Waals surface area contributed by atoms with Gasteiger partial charge in [0.15, 0.2) is 11.4 Å². The highest BCUT2D eigenvalue weighted by molar-refractivity contribution is 6.31. The molecule has 0 atom stereocenters. The lowest BCUT2D eigenvalue weighted by atomic mass is 10.00. The van der Waals surface area contributed by atoms with Crippen LogP contribution in [0.2, 0.25) is 0 Å². The summed E-state index contributed by atoms with van der Waals surface area (Å²) in [6, 6.07) is 23.1. The Morgan fingerprint density at radius 1 is 0.931 bits per heavy atom. The number of nitrogens with zero attached hydrogens (tertiary/aromatic N) is 2. The van der Waals surface area contributed by atoms with Crippen molar-refractivity contribution < 1.29 is 9.21 Å². The van der Waals surface area contributed by atoms with Gasteiger partial charge in [-0.3, -0.25) is 4.79 Å². The molecule has 1 heterocycles. The largest absolute Gasteiger partial charge is 0.436 e. The third-order valence-electron chi connectivity index (χ3n) is 4.80. The van der Waals surface area contributed by atoms with E-state index in [1.54, 1.807) is 0 Å². The van der Waals surface area contributed by atoms with Gasteiger partial charge in [-0.15, -0.1) is 0 Å². The number of ketones is 1. The summed E-state index contributed by atoms with van der Waals surface area (Å²) in [5.41, 5.74) is 5.54.